The zero-order chi connectivity index (χ0) is 16.1. The van der Waals surface area contributed by atoms with Crippen LogP contribution in [0.4, 0.5) is 0 Å². The van der Waals surface area contributed by atoms with E-state index in [4.69, 9.17) is 14.7 Å². The van der Waals surface area contributed by atoms with E-state index in [9.17, 15) is 4.79 Å². The van der Waals surface area contributed by atoms with E-state index in [0.29, 0.717) is 6.54 Å². The summed E-state index contributed by atoms with van der Waals surface area (Å²) < 4.78 is 10.7. The molecule has 1 aromatic carbocycles. The van der Waals surface area contributed by atoms with E-state index in [-0.39, 0.29) is 13.3 Å². The fourth-order valence-electron chi connectivity index (χ4n) is 2.47. The first kappa shape index (κ1) is 15.8. The zero-order valence-electron chi connectivity index (χ0n) is 12.5. The third-order valence-corrected chi connectivity index (χ3v) is 4.53. The number of nitrogens with one attached hydrogen (secondary N) is 1. The molecule has 7 heteroatoms. The van der Waals surface area contributed by atoms with Crippen LogP contribution in [0.15, 0.2) is 35.7 Å². The number of carbonyl (C=O) groups is 1. The van der Waals surface area contributed by atoms with Gasteiger partial charge in [-0.3, -0.25) is 14.9 Å². The van der Waals surface area contributed by atoms with E-state index in [0.717, 1.165) is 30.0 Å². The number of nitrogens with zero attached hydrogens (tertiary/aromatic N) is 1. The summed E-state index contributed by atoms with van der Waals surface area (Å²) in [4.78, 5) is 14.8. The molecule has 0 aliphatic carbocycles. The van der Waals surface area contributed by atoms with Gasteiger partial charge in [0.05, 0.1) is 6.54 Å². The van der Waals surface area contributed by atoms with Crippen molar-refractivity contribution in [1.29, 1.82) is 0 Å². The Labute approximate surface area is 138 Å². The summed E-state index contributed by atoms with van der Waals surface area (Å²) >= 11 is 1.70. The van der Waals surface area contributed by atoms with Crippen molar-refractivity contribution in [3.8, 4) is 11.5 Å². The summed E-state index contributed by atoms with van der Waals surface area (Å²) in [5.74, 6) is 1.05. The molecular formula is C16H18N2O4S. The van der Waals surface area contributed by atoms with Gasteiger partial charge in [0.15, 0.2) is 11.5 Å². The van der Waals surface area contributed by atoms with Gasteiger partial charge in [-0.15, -0.1) is 11.3 Å². The molecule has 2 aromatic rings. The summed E-state index contributed by atoms with van der Waals surface area (Å²) in [5, 5.41) is 10.8. The van der Waals surface area contributed by atoms with Gasteiger partial charge >= 0.3 is 0 Å². The standard InChI is InChI=1S/C16H18N2O4S/c19-16(17-20)10-18(6-5-13-2-1-7-23-13)9-12-3-4-14-15(8-12)22-11-21-14/h1-4,7-8,20H,5-6,9-11H2,(H,17,19). The third-order valence-electron chi connectivity index (χ3n) is 3.59. The number of rotatable bonds is 7. The smallest absolute Gasteiger partial charge is 0.257 e. The zero-order valence-corrected chi connectivity index (χ0v) is 13.3. The highest BCUT2D eigenvalue weighted by molar-refractivity contribution is 7.09. The fraction of sp³-hybridized carbons (Fsp3) is 0.312. The molecule has 122 valence electrons. The van der Waals surface area contributed by atoms with Crippen LogP contribution in [0.1, 0.15) is 10.4 Å². The van der Waals surface area contributed by atoms with Crippen molar-refractivity contribution in [2.45, 2.75) is 13.0 Å². The molecule has 2 heterocycles. The molecule has 0 spiro atoms. The first-order valence-electron chi connectivity index (χ1n) is 7.31. The lowest BCUT2D eigenvalue weighted by Crippen LogP contribution is -2.36. The molecule has 1 aromatic heterocycles. The SMILES string of the molecule is O=C(CN(CCc1cccs1)Cc1ccc2c(c1)OCO2)NO. The maximum Gasteiger partial charge on any atom is 0.257 e. The van der Waals surface area contributed by atoms with Crippen molar-refractivity contribution >= 4 is 17.2 Å². The molecule has 0 bridgehead atoms. The molecule has 6 nitrogen and oxygen atoms in total. The maximum absolute atomic E-state index is 11.5. The molecular weight excluding hydrogens is 316 g/mol. The summed E-state index contributed by atoms with van der Waals surface area (Å²) in [5.41, 5.74) is 2.73. The Balaban J connectivity index is 1.65. The number of ether oxygens (including phenoxy) is 2. The van der Waals surface area contributed by atoms with Crippen LogP contribution in [0.5, 0.6) is 11.5 Å². The van der Waals surface area contributed by atoms with Gasteiger partial charge in [-0.1, -0.05) is 12.1 Å². The summed E-state index contributed by atoms with van der Waals surface area (Å²) in [6.45, 7) is 1.70. The summed E-state index contributed by atoms with van der Waals surface area (Å²) in [7, 11) is 0. The molecule has 1 aliphatic heterocycles. The molecule has 1 amide bonds. The molecule has 0 saturated heterocycles. The Kier molecular flexibility index (Phi) is 5.12. The van der Waals surface area contributed by atoms with Crippen LogP contribution in [-0.2, 0) is 17.8 Å². The van der Waals surface area contributed by atoms with Crippen molar-refractivity contribution in [2.24, 2.45) is 0 Å². The minimum absolute atomic E-state index is 0.135. The minimum Gasteiger partial charge on any atom is -0.454 e. The minimum atomic E-state index is -0.420. The Bertz CT molecular complexity index is 660. The van der Waals surface area contributed by atoms with Gasteiger partial charge in [0.1, 0.15) is 0 Å². The van der Waals surface area contributed by atoms with Gasteiger partial charge in [-0.05, 0) is 35.6 Å². The average molecular weight is 334 g/mol. The van der Waals surface area contributed by atoms with Crippen LogP contribution >= 0.6 is 11.3 Å². The largest absolute Gasteiger partial charge is 0.454 e. The quantitative estimate of drug-likeness (QED) is 0.599. The first-order chi connectivity index (χ1) is 11.2. The van der Waals surface area contributed by atoms with Crippen LogP contribution < -0.4 is 15.0 Å². The number of carbonyl (C=O) groups excluding carboxylic acids is 1. The van der Waals surface area contributed by atoms with Crippen molar-refractivity contribution < 1.29 is 19.5 Å². The second kappa shape index (κ2) is 7.45. The van der Waals surface area contributed by atoms with Gasteiger partial charge in [0.2, 0.25) is 6.79 Å². The number of amides is 1. The molecule has 0 saturated carbocycles. The number of hydrogen-bond acceptors (Lipinski definition) is 6. The van der Waals surface area contributed by atoms with Gasteiger partial charge in [-0.2, -0.15) is 0 Å². The van der Waals surface area contributed by atoms with E-state index in [1.807, 2.05) is 34.5 Å². The molecule has 0 radical (unpaired) electrons. The van der Waals surface area contributed by atoms with E-state index in [1.165, 1.54) is 4.88 Å². The van der Waals surface area contributed by atoms with Crippen molar-refractivity contribution in [3.63, 3.8) is 0 Å². The lowest BCUT2D eigenvalue weighted by Gasteiger charge is -2.21. The normalized spacial score (nSPS) is 12.6. The second-order valence-electron chi connectivity index (χ2n) is 5.26. The van der Waals surface area contributed by atoms with Crippen LogP contribution in [0, 0.1) is 0 Å². The van der Waals surface area contributed by atoms with Crippen molar-refractivity contribution in [1.82, 2.24) is 10.4 Å². The van der Waals surface area contributed by atoms with Crippen molar-refractivity contribution in [2.75, 3.05) is 19.9 Å². The van der Waals surface area contributed by atoms with Gasteiger partial charge < -0.3 is 9.47 Å². The third kappa shape index (κ3) is 4.22. The summed E-state index contributed by atoms with van der Waals surface area (Å²) in [6.07, 6.45) is 0.862. The van der Waals surface area contributed by atoms with Crippen LogP contribution in [0.3, 0.4) is 0 Å². The molecule has 1 aliphatic rings. The molecule has 0 atom stereocenters. The number of hydrogen-bond donors (Lipinski definition) is 2. The van der Waals surface area contributed by atoms with Gasteiger partial charge in [0.25, 0.3) is 5.91 Å². The Morgan fingerprint density at radius 1 is 1.30 bits per heavy atom. The van der Waals surface area contributed by atoms with E-state index in [1.54, 1.807) is 16.8 Å². The Morgan fingerprint density at radius 2 is 2.17 bits per heavy atom. The topological polar surface area (TPSA) is 71.0 Å². The predicted molar refractivity (Wildman–Crippen MR) is 85.8 cm³/mol. The maximum atomic E-state index is 11.5. The van der Waals surface area contributed by atoms with Crippen LogP contribution in [0.2, 0.25) is 0 Å². The fourth-order valence-corrected chi connectivity index (χ4v) is 3.17. The van der Waals surface area contributed by atoms with E-state index in [2.05, 4.69) is 6.07 Å². The van der Waals surface area contributed by atoms with E-state index < -0.39 is 5.91 Å². The Hall–Kier alpha value is -2.09. The second-order valence-corrected chi connectivity index (χ2v) is 6.29. The average Bonchev–Trinajstić information content (AvgIpc) is 3.23. The number of hydroxylamine groups is 1. The molecule has 0 unspecified atom stereocenters. The van der Waals surface area contributed by atoms with E-state index >= 15 is 0 Å². The number of benzene rings is 1. The lowest BCUT2D eigenvalue weighted by molar-refractivity contribution is -0.130. The highest BCUT2D eigenvalue weighted by atomic mass is 32.1. The summed E-state index contributed by atoms with van der Waals surface area (Å²) in [6, 6.07) is 9.86. The molecule has 23 heavy (non-hydrogen) atoms. The number of fused-ring (bicyclic) bond motifs is 1. The van der Waals surface area contributed by atoms with Crippen molar-refractivity contribution in [3.05, 3.63) is 46.2 Å². The Morgan fingerprint density at radius 3 is 2.96 bits per heavy atom. The highest BCUT2D eigenvalue weighted by Crippen LogP contribution is 2.32. The first-order valence-corrected chi connectivity index (χ1v) is 8.19. The lowest BCUT2D eigenvalue weighted by atomic mass is 10.2. The molecule has 0 fully saturated rings. The molecule has 3 rings (SSSR count). The highest BCUT2D eigenvalue weighted by Gasteiger charge is 2.16. The predicted octanol–water partition coefficient (Wildman–Crippen LogP) is 2.03. The van der Waals surface area contributed by atoms with Gasteiger partial charge in [0, 0.05) is 18.0 Å². The van der Waals surface area contributed by atoms with Gasteiger partial charge in [-0.25, -0.2) is 5.48 Å². The van der Waals surface area contributed by atoms with Crippen LogP contribution in [-0.4, -0.2) is 35.9 Å². The number of thiophene rings is 1. The monoisotopic (exact) mass is 334 g/mol. The molecule has 2 N–H and O–H groups in total. The van der Waals surface area contributed by atoms with Crippen LogP contribution in [0.25, 0.3) is 0 Å².